The fraction of sp³-hybridized carbons (Fsp3) is 0.346. The molecule has 6 nitrogen and oxygen atoms in total. The summed E-state index contributed by atoms with van der Waals surface area (Å²) in [6.07, 6.45) is 10.5. The van der Waals surface area contributed by atoms with Crippen LogP contribution in [0.15, 0.2) is 58.7 Å². The molecule has 0 spiro atoms. The van der Waals surface area contributed by atoms with Crippen LogP contribution in [0.1, 0.15) is 56.6 Å². The van der Waals surface area contributed by atoms with Crippen molar-refractivity contribution in [2.24, 2.45) is 5.10 Å². The van der Waals surface area contributed by atoms with E-state index in [-0.39, 0.29) is 5.56 Å². The minimum atomic E-state index is -0.226. The molecular weight excluding hydrogens is 400 g/mol. The van der Waals surface area contributed by atoms with Crippen molar-refractivity contribution in [1.29, 1.82) is 0 Å². The molecule has 0 amide bonds. The number of H-pyrrole nitrogens is 1. The zero-order chi connectivity index (χ0) is 22.3. The van der Waals surface area contributed by atoms with Crippen LogP contribution in [0.5, 0.6) is 5.75 Å². The van der Waals surface area contributed by atoms with Gasteiger partial charge in [0.05, 0.1) is 12.8 Å². The van der Waals surface area contributed by atoms with E-state index < -0.39 is 0 Å². The van der Waals surface area contributed by atoms with Crippen LogP contribution in [0.3, 0.4) is 0 Å². The first-order valence-corrected chi connectivity index (χ1v) is 11.4. The molecule has 0 aliphatic heterocycles. The van der Waals surface area contributed by atoms with E-state index in [0.29, 0.717) is 17.6 Å². The van der Waals surface area contributed by atoms with Gasteiger partial charge in [-0.25, -0.2) is 4.98 Å². The maximum Gasteiger partial charge on any atom is 0.298 e. The van der Waals surface area contributed by atoms with Gasteiger partial charge in [-0.15, -0.1) is 0 Å². The molecule has 0 saturated heterocycles. The van der Waals surface area contributed by atoms with Crippen molar-refractivity contribution in [1.82, 2.24) is 14.6 Å². The third-order valence-electron chi connectivity index (χ3n) is 5.60. The number of aryl methyl sites for hydroxylation is 1. The van der Waals surface area contributed by atoms with Gasteiger partial charge in [0.1, 0.15) is 23.1 Å². The lowest BCUT2D eigenvalue weighted by molar-refractivity contribution is 0.304. The third-order valence-corrected chi connectivity index (χ3v) is 5.60. The molecule has 0 saturated carbocycles. The first kappa shape index (κ1) is 21.8. The first-order valence-electron chi connectivity index (χ1n) is 11.4. The second kappa shape index (κ2) is 10.3. The van der Waals surface area contributed by atoms with Gasteiger partial charge in [-0.2, -0.15) is 9.78 Å². The van der Waals surface area contributed by atoms with Crippen LogP contribution in [-0.2, 0) is 0 Å². The van der Waals surface area contributed by atoms with Crippen LogP contribution < -0.4 is 10.3 Å². The van der Waals surface area contributed by atoms with Crippen molar-refractivity contribution in [2.75, 3.05) is 6.61 Å². The largest absolute Gasteiger partial charge is 0.494 e. The Morgan fingerprint density at radius 2 is 1.94 bits per heavy atom. The number of benzene rings is 2. The zero-order valence-electron chi connectivity index (χ0n) is 18.8. The SMILES string of the molecule is CCCCCCCCOc1cccc(/C=N\n2cnc3c([nH]c4ccc(C)cc43)c2=O)c1. The molecule has 4 aromatic rings. The first-order chi connectivity index (χ1) is 15.7. The Morgan fingerprint density at radius 1 is 1.09 bits per heavy atom. The molecule has 2 aromatic heterocycles. The number of fused-ring (bicyclic) bond motifs is 3. The van der Waals surface area contributed by atoms with E-state index in [0.717, 1.165) is 34.2 Å². The van der Waals surface area contributed by atoms with Crippen LogP contribution >= 0.6 is 0 Å². The summed E-state index contributed by atoms with van der Waals surface area (Å²) >= 11 is 0. The molecule has 0 aliphatic carbocycles. The second-order valence-corrected chi connectivity index (χ2v) is 8.23. The Morgan fingerprint density at radius 3 is 2.81 bits per heavy atom. The van der Waals surface area contributed by atoms with Crippen LogP contribution in [0.4, 0.5) is 0 Å². The lowest BCUT2D eigenvalue weighted by atomic mass is 10.1. The van der Waals surface area contributed by atoms with Gasteiger partial charge in [-0.3, -0.25) is 4.79 Å². The molecule has 2 heterocycles. The average Bonchev–Trinajstić information content (AvgIpc) is 3.17. The zero-order valence-corrected chi connectivity index (χ0v) is 18.8. The number of ether oxygens (including phenoxy) is 1. The van der Waals surface area contributed by atoms with E-state index in [2.05, 4.69) is 22.0 Å². The lowest BCUT2D eigenvalue weighted by Gasteiger charge is -2.06. The van der Waals surface area contributed by atoms with Crippen molar-refractivity contribution in [3.05, 3.63) is 70.3 Å². The molecule has 32 heavy (non-hydrogen) atoms. The van der Waals surface area contributed by atoms with Crippen molar-refractivity contribution < 1.29 is 4.74 Å². The summed E-state index contributed by atoms with van der Waals surface area (Å²) in [5.74, 6) is 0.814. The second-order valence-electron chi connectivity index (χ2n) is 8.23. The Hall–Kier alpha value is -3.41. The van der Waals surface area contributed by atoms with Crippen LogP contribution in [-0.4, -0.2) is 27.5 Å². The molecule has 1 N–H and O–H groups in total. The highest BCUT2D eigenvalue weighted by Gasteiger charge is 2.10. The van der Waals surface area contributed by atoms with Gasteiger partial charge in [0.15, 0.2) is 0 Å². The van der Waals surface area contributed by atoms with E-state index in [1.165, 1.54) is 43.1 Å². The van der Waals surface area contributed by atoms with Gasteiger partial charge in [0, 0.05) is 10.9 Å². The highest BCUT2D eigenvalue weighted by atomic mass is 16.5. The van der Waals surface area contributed by atoms with Crippen LogP contribution in [0.2, 0.25) is 0 Å². The fourth-order valence-electron chi connectivity index (χ4n) is 3.83. The number of hydrogen-bond donors (Lipinski definition) is 1. The molecule has 166 valence electrons. The normalized spacial score (nSPS) is 11.7. The predicted octanol–water partition coefficient (Wildman–Crippen LogP) is 5.81. The number of unbranched alkanes of at least 4 members (excludes halogenated alkanes) is 5. The van der Waals surface area contributed by atoms with Gasteiger partial charge in [0.2, 0.25) is 0 Å². The van der Waals surface area contributed by atoms with E-state index in [9.17, 15) is 4.79 Å². The van der Waals surface area contributed by atoms with Crippen LogP contribution in [0.25, 0.3) is 21.9 Å². The van der Waals surface area contributed by atoms with Crippen molar-refractivity contribution in [2.45, 2.75) is 52.4 Å². The highest BCUT2D eigenvalue weighted by Crippen LogP contribution is 2.22. The molecule has 0 fully saturated rings. The van der Waals surface area contributed by atoms with E-state index in [4.69, 9.17) is 4.74 Å². The van der Waals surface area contributed by atoms with Gasteiger partial charge in [0.25, 0.3) is 5.56 Å². The average molecular weight is 431 g/mol. The number of hydrogen-bond acceptors (Lipinski definition) is 4. The Bertz CT molecular complexity index is 1290. The maximum atomic E-state index is 12.9. The summed E-state index contributed by atoms with van der Waals surface area (Å²) in [4.78, 5) is 20.5. The summed E-state index contributed by atoms with van der Waals surface area (Å²) in [6, 6.07) is 13.8. The fourth-order valence-corrected chi connectivity index (χ4v) is 3.83. The number of nitrogens with one attached hydrogen (secondary N) is 1. The molecule has 0 atom stereocenters. The number of aromatic nitrogens is 3. The van der Waals surface area contributed by atoms with Crippen LogP contribution in [0, 0.1) is 6.92 Å². The summed E-state index contributed by atoms with van der Waals surface area (Å²) in [5.41, 5.74) is 3.79. The Kier molecular flexibility index (Phi) is 7.00. The third kappa shape index (κ3) is 5.07. The van der Waals surface area contributed by atoms with E-state index >= 15 is 0 Å². The summed E-state index contributed by atoms with van der Waals surface area (Å²) < 4.78 is 7.14. The smallest absolute Gasteiger partial charge is 0.298 e. The quantitative estimate of drug-likeness (QED) is 0.255. The van der Waals surface area contributed by atoms with Gasteiger partial charge in [-0.1, -0.05) is 62.8 Å². The van der Waals surface area contributed by atoms with Crippen molar-refractivity contribution in [3.8, 4) is 5.75 Å². The van der Waals surface area contributed by atoms with Crippen molar-refractivity contribution >= 4 is 28.2 Å². The molecule has 4 rings (SSSR count). The van der Waals surface area contributed by atoms with Gasteiger partial charge in [-0.05, 0) is 43.2 Å². The number of aromatic amines is 1. The standard InChI is InChI=1S/C26H30N4O2/c1-3-4-5-6-7-8-14-32-21-11-9-10-20(16-21)17-28-30-18-27-24-22-15-19(2)12-13-23(22)29-25(24)26(30)31/h9-13,15-18,29H,3-8,14H2,1-2H3/b28-17-. The Labute approximate surface area is 188 Å². The van der Waals surface area contributed by atoms with E-state index in [1.54, 1.807) is 6.21 Å². The molecule has 0 aliphatic rings. The van der Waals surface area contributed by atoms with Crippen molar-refractivity contribution in [3.63, 3.8) is 0 Å². The summed E-state index contributed by atoms with van der Waals surface area (Å²) in [5, 5.41) is 5.28. The molecular formula is C26H30N4O2. The minimum Gasteiger partial charge on any atom is -0.494 e. The maximum absolute atomic E-state index is 12.9. The number of nitrogens with zero attached hydrogens (tertiary/aromatic N) is 3. The van der Waals surface area contributed by atoms with E-state index in [1.807, 2.05) is 49.4 Å². The van der Waals surface area contributed by atoms with Gasteiger partial charge < -0.3 is 9.72 Å². The topological polar surface area (TPSA) is 72.3 Å². The Balaban J connectivity index is 1.44. The molecule has 0 radical (unpaired) electrons. The minimum absolute atomic E-state index is 0.226. The monoisotopic (exact) mass is 430 g/mol. The lowest BCUT2D eigenvalue weighted by Crippen LogP contribution is -2.17. The summed E-state index contributed by atoms with van der Waals surface area (Å²) in [6.45, 7) is 4.97. The summed E-state index contributed by atoms with van der Waals surface area (Å²) in [7, 11) is 0. The van der Waals surface area contributed by atoms with Gasteiger partial charge >= 0.3 is 0 Å². The molecule has 2 aromatic carbocycles. The predicted molar refractivity (Wildman–Crippen MR) is 131 cm³/mol. The highest BCUT2D eigenvalue weighted by molar-refractivity contribution is 6.04. The number of rotatable bonds is 10. The molecule has 0 bridgehead atoms. The molecule has 6 heteroatoms. The molecule has 0 unspecified atom stereocenters.